The molecule has 3 nitrogen and oxygen atoms in total. The van der Waals surface area contributed by atoms with E-state index in [1.165, 1.54) is 38.1 Å². The average Bonchev–Trinajstić information content (AvgIpc) is 3.00. The Balaban J connectivity index is 1.55. The highest BCUT2D eigenvalue weighted by molar-refractivity contribution is 6.00. The highest BCUT2D eigenvalue weighted by Crippen LogP contribution is 2.23. The molecule has 1 saturated heterocycles. The van der Waals surface area contributed by atoms with Crippen LogP contribution in [0.25, 0.3) is 0 Å². The molecule has 0 aromatic heterocycles. The van der Waals surface area contributed by atoms with Crippen LogP contribution in [0.1, 0.15) is 30.4 Å². The van der Waals surface area contributed by atoms with Crippen LogP contribution in [0.3, 0.4) is 0 Å². The third-order valence-electron chi connectivity index (χ3n) is 4.11. The SMILES string of the molecule is N=C1c2cc(F)ccc2CN1CCCN1CCCC1. The number of benzene rings is 1. The molecule has 0 radical (unpaired) electrons. The van der Waals surface area contributed by atoms with Crippen molar-refractivity contribution in [3.8, 4) is 0 Å². The van der Waals surface area contributed by atoms with Gasteiger partial charge in [0.1, 0.15) is 11.7 Å². The molecule has 0 amide bonds. The molecule has 0 atom stereocenters. The lowest BCUT2D eigenvalue weighted by molar-refractivity contribution is 0.308. The molecule has 0 unspecified atom stereocenters. The van der Waals surface area contributed by atoms with Gasteiger partial charge in [-0.1, -0.05) is 6.07 Å². The molecule has 2 heterocycles. The first-order valence-corrected chi connectivity index (χ1v) is 7.09. The normalized spacial score (nSPS) is 19.2. The van der Waals surface area contributed by atoms with Crippen molar-refractivity contribution in [3.05, 3.63) is 35.1 Å². The third-order valence-corrected chi connectivity index (χ3v) is 4.11. The predicted molar refractivity (Wildman–Crippen MR) is 73.9 cm³/mol. The lowest BCUT2D eigenvalue weighted by Crippen LogP contribution is -2.29. The van der Waals surface area contributed by atoms with Crippen molar-refractivity contribution in [1.82, 2.24) is 9.80 Å². The Morgan fingerprint density at radius 3 is 2.74 bits per heavy atom. The van der Waals surface area contributed by atoms with Crippen molar-refractivity contribution in [2.24, 2.45) is 0 Å². The van der Waals surface area contributed by atoms with Crippen LogP contribution >= 0.6 is 0 Å². The van der Waals surface area contributed by atoms with E-state index in [4.69, 9.17) is 5.41 Å². The molecule has 0 aliphatic carbocycles. The number of hydrogen-bond donors (Lipinski definition) is 1. The van der Waals surface area contributed by atoms with E-state index in [9.17, 15) is 4.39 Å². The maximum atomic E-state index is 13.2. The first-order chi connectivity index (χ1) is 9.24. The molecule has 102 valence electrons. The summed E-state index contributed by atoms with van der Waals surface area (Å²) in [6, 6.07) is 4.78. The van der Waals surface area contributed by atoms with E-state index in [0.717, 1.165) is 37.2 Å². The Kier molecular flexibility index (Phi) is 3.51. The molecule has 19 heavy (non-hydrogen) atoms. The monoisotopic (exact) mass is 261 g/mol. The second-order valence-electron chi connectivity index (χ2n) is 5.47. The number of nitrogens with one attached hydrogen (secondary N) is 1. The molecule has 4 heteroatoms. The van der Waals surface area contributed by atoms with E-state index in [-0.39, 0.29) is 5.82 Å². The fraction of sp³-hybridized carbons (Fsp3) is 0.533. The zero-order valence-corrected chi connectivity index (χ0v) is 11.2. The van der Waals surface area contributed by atoms with Gasteiger partial charge in [0.15, 0.2) is 0 Å². The average molecular weight is 261 g/mol. The molecule has 0 saturated carbocycles. The number of amidine groups is 1. The third kappa shape index (κ3) is 2.63. The van der Waals surface area contributed by atoms with Gasteiger partial charge >= 0.3 is 0 Å². The fourth-order valence-electron chi connectivity index (χ4n) is 3.04. The Hall–Kier alpha value is -1.42. The first-order valence-electron chi connectivity index (χ1n) is 7.09. The minimum absolute atomic E-state index is 0.248. The van der Waals surface area contributed by atoms with Gasteiger partial charge in [-0.25, -0.2) is 4.39 Å². The standard InChI is InChI=1S/C15H20FN3/c16-13-5-4-12-11-19(15(17)14(12)10-13)9-3-8-18-6-1-2-7-18/h4-5,10,17H,1-3,6-9,11H2. The van der Waals surface area contributed by atoms with Gasteiger partial charge < -0.3 is 9.80 Å². The minimum Gasteiger partial charge on any atom is -0.352 e. The number of likely N-dealkylation sites (tertiary alicyclic amines) is 1. The van der Waals surface area contributed by atoms with Crippen LogP contribution in [-0.4, -0.2) is 41.8 Å². The van der Waals surface area contributed by atoms with Crippen LogP contribution in [0.15, 0.2) is 18.2 Å². The highest BCUT2D eigenvalue weighted by atomic mass is 19.1. The van der Waals surface area contributed by atoms with Crippen LogP contribution in [0.5, 0.6) is 0 Å². The number of nitrogens with zero attached hydrogens (tertiary/aromatic N) is 2. The van der Waals surface area contributed by atoms with Crippen molar-refractivity contribution in [3.63, 3.8) is 0 Å². The number of fused-ring (bicyclic) bond motifs is 1. The van der Waals surface area contributed by atoms with Gasteiger partial charge in [0.05, 0.1) is 0 Å². The van der Waals surface area contributed by atoms with Gasteiger partial charge in [-0.15, -0.1) is 0 Å². The molecule has 0 bridgehead atoms. The van der Waals surface area contributed by atoms with Crippen molar-refractivity contribution >= 4 is 5.84 Å². The van der Waals surface area contributed by atoms with E-state index in [1.807, 2.05) is 0 Å². The van der Waals surface area contributed by atoms with Crippen LogP contribution in [0.2, 0.25) is 0 Å². The minimum atomic E-state index is -0.248. The molecule has 2 aliphatic rings. The van der Waals surface area contributed by atoms with Gasteiger partial charge in [-0.3, -0.25) is 5.41 Å². The van der Waals surface area contributed by atoms with Gasteiger partial charge in [0.2, 0.25) is 0 Å². The Labute approximate surface area is 113 Å². The van der Waals surface area contributed by atoms with E-state index < -0.39 is 0 Å². The van der Waals surface area contributed by atoms with Gasteiger partial charge in [-0.05, 0) is 56.6 Å². The van der Waals surface area contributed by atoms with Crippen LogP contribution in [-0.2, 0) is 6.54 Å². The van der Waals surface area contributed by atoms with Crippen molar-refractivity contribution in [1.29, 1.82) is 5.41 Å². The van der Waals surface area contributed by atoms with Gasteiger partial charge in [0.25, 0.3) is 0 Å². The quantitative estimate of drug-likeness (QED) is 0.902. The van der Waals surface area contributed by atoms with Crippen molar-refractivity contribution in [2.45, 2.75) is 25.8 Å². The Morgan fingerprint density at radius 1 is 1.16 bits per heavy atom. The summed E-state index contributed by atoms with van der Waals surface area (Å²) in [5.41, 5.74) is 1.84. The summed E-state index contributed by atoms with van der Waals surface area (Å²) in [5.74, 6) is 0.235. The molecule has 0 spiro atoms. The fourth-order valence-corrected chi connectivity index (χ4v) is 3.04. The van der Waals surface area contributed by atoms with Gasteiger partial charge in [-0.2, -0.15) is 0 Å². The lowest BCUT2D eigenvalue weighted by atomic mass is 10.1. The summed E-state index contributed by atoms with van der Waals surface area (Å²) in [6.45, 7) is 5.22. The summed E-state index contributed by atoms with van der Waals surface area (Å²) >= 11 is 0. The van der Waals surface area contributed by atoms with Crippen LogP contribution in [0.4, 0.5) is 4.39 Å². The molecule has 1 N–H and O–H groups in total. The smallest absolute Gasteiger partial charge is 0.128 e. The highest BCUT2D eigenvalue weighted by Gasteiger charge is 2.24. The number of hydrogen-bond acceptors (Lipinski definition) is 2. The van der Waals surface area contributed by atoms with Gasteiger partial charge in [0, 0.05) is 18.7 Å². The molecular formula is C15H20FN3. The molecule has 2 aliphatic heterocycles. The maximum Gasteiger partial charge on any atom is 0.128 e. The zero-order valence-electron chi connectivity index (χ0n) is 11.2. The zero-order chi connectivity index (χ0) is 13.2. The first kappa shape index (κ1) is 12.6. The van der Waals surface area contributed by atoms with Crippen LogP contribution in [0, 0.1) is 11.2 Å². The van der Waals surface area contributed by atoms with E-state index in [2.05, 4.69) is 9.80 Å². The van der Waals surface area contributed by atoms with Crippen molar-refractivity contribution in [2.75, 3.05) is 26.2 Å². The summed E-state index contributed by atoms with van der Waals surface area (Å²) in [7, 11) is 0. The molecule has 1 aromatic carbocycles. The van der Waals surface area contributed by atoms with E-state index in [1.54, 1.807) is 6.07 Å². The van der Waals surface area contributed by atoms with E-state index in [0.29, 0.717) is 5.84 Å². The Bertz CT molecular complexity index is 480. The largest absolute Gasteiger partial charge is 0.352 e. The number of rotatable bonds is 4. The second-order valence-corrected chi connectivity index (χ2v) is 5.47. The van der Waals surface area contributed by atoms with Crippen molar-refractivity contribution < 1.29 is 4.39 Å². The maximum absolute atomic E-state index is 13.2. The van der Waals surface area contributed by atoms with E-state index >= 15 is 0 Å². The predicted octanol–water partition coefficient (Wildman–Crippen LogP) is 2.45. The summed E-state index contributed by atoms with van der Waals surface area (Å²) in [6.07, 6.45) is 3.73. The summed E-state index contributed by atoms with van der Waals surface area (Å²) in [5, 5.41) is 8.12. The molecule has 1 aromatic rings. The van der Waals surface area contributed by atoms with Crippen LogP contribution < -0.4 is 0 Å². The summed E-state index contributed by atoms with van der Waals surface area (Å²) < 4.78 is 13.2. The molecular weight excluding hydrogens is 241 g/mol. The molecule has 3 rings (SSSR count). The Morgan fingerprint density at radius 2 is 1.95 bits per heavy atom. The lowest BCUT2D eigenvalue weighted by Gasteiger charge is -2.20. The topological polar surface area (TPSA) is 30.3 Å². The summed E-state index contributed by atoms with van der Waals surface area (Å²) in [4.78, 5) is 4.55. The number of halogens is 1. The second kappa shape index (κ2) is 5.29. The molecule has 1 fully saturated rings.